The van der Waals surface area contributed by atoms with Gasteiger partial charge in [0.2, 0.25) is 5.91 Å². The first kappa shape index (κ1) is 22.4. The van der Waals surface area contributed by atoms with Gasteiger partial charge < -0.3 is 15.5 Å². The van der Waals surface area contributed by atoms with Crippen molar-refractivity contribution >= 4 is 35.8 Å². The Balaban J connectivity index is 0.00000484. The highest BCUT2D eigenvalue weighted by atomic mass is 127. The van der Waals surface area contributed by atoms with Crippen LogP contribution in [-0.4, -0.2) is 73.5 Å². The summed E-state index contributed by atoms with van der Waals surface area (Å²) in [5.41, 5.74) is 0. The largest absolute Gasteiger partial charge is 0.355 e. The molecule has 1 atom stereocenters. The van der Waals surface area contributed by atoms with Crippen LogP contribution in [0.15, 0.2) is 4.99 Å². The van der Waals surface area contributed by atoms with Crippen LogP contribution in [-0.2, 0) is 4.79 Å². The minimum atomic E-state index is 0. The van der Waals surface area contributed by atoms with Crippen molar-refractivity contribution in [2.45, 2.75) is 52.6 Å². The van der Waals surface area contributed by atoms with Crippen LogP contribution in [0.25, 0.3) is 0 Å². The molecule has 1 unspecified atom stereocenters. The minimum Gasteiger partial charge on any atom is -0.355 e. The molecule has 136 valence electrons. The number of likely N-dealkylation sites (tertiary alicyclic amines) is 1. The van der Waals surface area contributed by atoms with Gasteiger partial charge in [0.25, 0.3) is 0 Å². The summed E-state index contributed by atoms with van der Waals surface area (Å²) in [5, 5.41) is 6.79. The zero-order valence-corrected chi connectivity index (χ0v) is 17.6. The van der Waals surface area contributed by atoms with Crippen molar-refractivity contribution in [2.75, 3.05) is 39.8 Å². The molecule has 1 saturated heterocycles. The molecule has 2 N–H and O–H groups in total. The van der Waals surface area contributed by atoms with Gasteiger partial charge in [-0.3, -0.25) is 14.7 Å². The van der Waals surface area contributed by atoms with Crippen molar-refractivity contribution in [1.29, 1.82) is 0 Å². The summed E-state index contributed by atoms with van der Waals surface area (Å²) >= 11 is 0. The second-order valence-corrected chi connectivity index (χ2v) is 6.04. The molecule has 0 aromatic carbocycles. The number of hydrogen-bond acceptors (Lipinski definition) is 3. The number of amides is 1. The lowest BCUT2D eigenvalue weighted by atomic mass is 10.3. The van der Waals surface area contributed by atoms with Crippen LogP contribution >= 0.6 is 24.0 Å². The van der Waals surface area contributed by atoms with Crippen LogP contribution in [0.5, 0.6) is 0 Å². The van der Waals surface area contributed by atoms with Crippen molar-refractivity contribution in [2.24, 2.45) is 4.99 Å². The van der Waals surface area contributed by atoms with Gasteiger partial charge in [0.05, 0.1) is 0 Å². The maximum Gasteiger partial charge on any atom is 0.222 e. The molecule has 0 saturated carbocycles. The summed E-state index contributed by atoms with van der Waals surface area (Å²) in [7, 11) is 1.79. The Morgan fingerprint density at radius 1 is 1.39 bits per heavy atom. The molecule has 1 amide bonds. The third-order valence-electron chi connectivity index (χ3n) is 4.24. The Hall–Kier alpha value is -0.570. The molecular weight excluding hydrogens is 405 g/mol. The van der Waals surface area contributed by atoms with E-state index in [0.717, 1.165) is 45.1 Å². The summed E-state index contributed by atoms with van der Waals surface area (Å²) < 4.78 is 0. The van der Waals surface area contributed by atoms with Gasteiger partial charge in [-0.25, -0.2) is 0 Å². The lowest BCUT2D eigenvalue weighted by molar-refractivity contribution is -0.129. The van der Waals surface area contributed by atoms with Gasteiger partial charge >= 0.3 is 0 Å². The number of nitrogens with zero attached hydrogens (tertiary/aromatic N) is 3. The van der Waals surface area contributed by atoms with E-state index in [1.54, 1.807) is 7.05 Å². The Morgan fingerprint density at radius 3 is 2.61 bits per heavy atom. The van der Waals surface area contributed by atoms with Gasteiger partial charge in [0, 0.05) is 51.7 Å². The van der Waals surface area contributed by atoms with Gasteiger partial charge in [-0.15, -0.1) is 24.0 Å². The van der Waals surface area contributed by atoms with E-state index in [2.05, 4.69) is 41.3 Å². The fraction of sp³-hybridized carbons (Fsp3) is 0.875. The highest BCUT2D eigenvalue weighted by Crippen LogP contribution is 2.10. The molecule has 23 heavy (non-hydrogen) atoms. The van der Waals surface area contributed by atoms with E-state index < -0.39 is 0 Å². The van der Waals surface area contributed by atoms with E-state index in [9.17, 15) is 4.79 Å². The van der Waals surface area contributed by atoms with Crippen molar-refractivity contribution in [3.63, 3.8) is 0 Å². The third-order valence-corrected chi connectivity index (χ3v) is 4.24. The zero-order valence-electron chi connectivity index (χ0n) is 15.3. The Morgan fingerprint density at radius 2 is 2.09 bits per heavy atom. The first-order chi connectivity index (χ1) is 10.5. The number of guanidine groups is 1. The van der Waals surface area contributed by atoms with E-state index in [-0.39, 0.29) is 29.9 Å². The van der Waals surface area contributed by atoms with Crippen molar-refractivity contribution in [3.05, 3.63) is 0 Å². The van der Waals surface area contributed by atoms with Gasteiger partial charge in [-0.1, -0.05) is 13.8 Å². The molecule has 7 heteroatoms. The molecule has 0 aromatic rings. The van der Waals surface area contributed by atoms with Crippen LogP contribution in [0.3, 0.4) is 0 Å². The average molecular weight is 439 g/mol. The second-order valence-electron chi connectivity index (χ2n) is 6.04. The predicted octanol–water partition coefficient (Wildman–Crippen LogP) is 1.51. The number of hydrogen-bond donors (Lipinski definition) is 2. The van der Waals surface area contributed by atoms with E-state index in [1.807, 2.05) is 11.8 Å². The fourth-order valence-electron chi connectivity index (χ4n) is 2.82. The molecule has 1 rings (SSSR count). The molecule has 0 spiro atoms. The Kier molecular flexibility index (Phi) is 11.6. The zero-order chi connectivity index (χ0) is 16.5. The molecule has 1 aliphatic rings. The number of likely N-dealkylation sites (N-methyl/N-ethyl adjacent to an activating group) is 1. The Bertz CT molecular complexity index is 375. The third kappa shape index (κ3) is 7.69. The average Bonchev–Trinajstić information content (AvgIpc) is 2.97. The molecule has 0 aromatic heterocycles. The molecule has 0 aliphatic carbocycles. The van der Waals surface area contributed by atoms with Gasteiger partial charge in [0.15, 0.2) is 5.96 Å². The summed E-state index contributed by atoms with van der Waals surface area (Å²) in [6.07, 6.45) is 1.57. The number of carbonyl (C=O) groups excluding carboxylic acids is 1. The molecule has 1 fully saturated rings. The van der Waals surface area contributed by atoms with Gasteiger partial charge in [-0.05, 0) is 26.8 Å². The lowest BCUT2D eigenvalue weighted by Crippen LogP contribution is -2.47. The standard InChI is InChI=1S/C16H33N5O.HI/c1-6-15(22)21-10-8-14(12-21)19-16(17-5)18-9-11-20(7-2)13(3)4;/h13-14H,6-12H2,1-5H3,(H2,17,18,19);1H. The van der Waals surface area contributed by atoms with Gasteiger partial charge in [0.1, 0.15) is 0 Å². The number of carbonyl (C=O) groups is 1. The summed E-state index contributed by atoms with van der Waals surface area (Å²) in [5.74, 6) is 1.07. The molecule has 1 heterocycles. The summed E-state index contributed by atoms with van der Waals surface area (Å²) in [4.78, 5) is 20.3. The molecule has 6 nitrogen and oxygen atoms in total. The molecule has 0 bridgehead atoms. The first-order valence-electron chi connectivity index (χ1n) is 8.50. The molecule has 1 aliphatic heterocycles. The van der Waals surface area contributed by atoms with Crippen LogP contribution in [0.1, 0.15) is 40.5 Å². The van der Waals surface area contributed by atoms with E-state index in [4.69, 9.17) is 0 Å². The van der Waals surface area contributed by atoms with Crippen LogP contribution < -0.4 is 10.6 Å². The molecule has 0 radical (unpaired) electrons. The van der Waals surface area contributed by atoms with Crippen LogP contribution in [0.4, 0.5) is 0 Å². The minimum absolute atomic E-state index is 0. The highest BCUT2D eigenvalue weighted by molar-refractivity contribution is 14.0. The van der Waals surface area contributed by atoms with E-state index in [1.165, 1.54) is 0 Å². The fourth-order valence-corrected chi connectivity index (χ4v) is 2.82. The van der Waals surface area contributed by atoms with Crippen molar-refractivity contribution in [1.82, 2.24) is 20.4 Å². The first-order valence-corrected chi connectivity index (χ1v) is 8.50. The van der Waals surface area contributed by atoms with E-state index >= 15 is 0 Å². The maximum absolute atomic E-state index is 11.7. The normalized spacial score (nSPS) is 18.3. The topological polar surface area (TPSA) is 60.0 Å². The SMILES string of the molecule is CCC(=O)N1CCC(NC(=NC)NCCN(CC)C(C)C)C1.I. The lowest BCUT2D eigenvalue weighted by Gasteiger charge is -2.25. The van der Waals surface area contributed by atoms with Crippen LogP contribution in [0, 0.1) is 0 Å². The van der Waals surface area contributed by atoms with Gasteiger partial charge in [-0.2, -0.15) is 0 Å². The monoisotopic (exact) mass is 439 g/mol. The molecular formula is C16H34IN5O. The number of aliphatic imine (C=N–C) groups is 1. The highest BCUT2D eigenvalue weighted by Gasteiger charge is 2.25. The number of halogens is 1. The number of rotatable bonds is 7. The quantitative estimate of drug-likeness (QED) is 0.359. The maximum atomic E-state index is 11.7. The van der Waals surface area contributed by atoms with Crippen molar-refractivity contribution < 1.29 is 4.79 Å². The summed E-state index contributed by atoms with van der Waals surface area (Å²) in [6.45, 7) is 13.1. The smallest absolute Gasteiger partial charge is 0.222 e. The van der Waals surface area contributed by atoms with Crippen molar-refractivity contribution in [3.8, 4) is 0 Å². The van der Waals surface area contributed by atoms with E-state index in [0.29, 0.717) is 18.5 Å². The second kappa shape index (κ2) is 11.9. The number of nitrogens with one attached hydrogen (secondary N) is 2. The summed E-state index contributed by atoms with van der Waals surface area (Å²) in [6, 6.07) is 0.860. The Labute approximate surface area is 158 Å². The predicted molar refractivity (Wildman–Crippen MR) is 108 cm³/mol. The van der Waals surface area contributed by atoms with Crippen LogP contribution in [0.2, 0.25) is 0 Å².